The smallest absolute Gasteiger partial charge is 0.326 e. The monoisotopic (exact) mass is 216 g/mol. The van der Waals surface area contributed by atoms with Crippen molar-refractivity contribution < 1.29 is 14.7 Å². The molecule has 0 rings (SSSR count). The molecule has 0 spiro atoms. The van der Waals surface area contributed by atoms with Gasteiger partial charge in [0, 0.05) is 12.5 Å². The van der Waals surface area contributed by atoms with Crippen LogP contribution < -0.4 is 11.1 Å². The minimum absolute atomic E-state index is 0.251. The zero-order valence-electron chi connectivity index (χ0n) is 9.32. The van der Waals surface area contributed by atoms with Crippen LogP contribution in [0.4, 0.5) is 0 Å². The molecule has 2 atom stereocenters. The highest BCUT2D eigenvalue weighted by molar-refractivity contribution is 5.85. The molecule has 0 bridgehead atoms. The lowest BCUT2D eigenvalue weighted by Gasteiger charge is -2.17. The summed E-state index contributed by atoms with van der Waals surface area (Å²) < 4.78 is 0. The molecule has 0 aromatic rings. The van der Waals surface area contributed by atoms with E-state index in [1.54, 1.807) is 0 Å². The van der Waals surface area contributed by atoms with Crippen molar-refractivity contribution in [3.63, 3.8) is 0 Å². The Morgan fingerprint density at radius 1 is 1.40 bits per heavy atom. The van der Waals surface area contributed by atoms with Crippen LogP contribution in [0.25, 0.3) is 0 Å². The van der Waals surface area contributed by atoms with Gasteiger partial charge in [0.05, 0.1) is 0 Å². The molecule has 0 aliphatic heterocycles. The number of amides is 1. The van der Waals surface area contributed by atoms with Crippen molar-refractivity contribution in [2.45, 2.75) is 39.2 Å². The molecular formula is C10H20N2O3. The summed E-state index contributed by atoms with van der Waals surface area (Å²) >= 11 is 0. The average molecular weight is 216 g/mol. The lowest BCUT2D eigenvalue weighted by molar-refractivity contribution is -0.142. The highest BCUT2D eigenvalue weighted by Crippen LogP contribution is 2.03. The van der Waals surface area contributed by atoms with Crippen molar-refractivity contribution in [1.29, 1.82) is 0 Å². The summed E-state index contributed by atoms with van der Waals surface area (Å²) in [4.78, 5) is 22.3. The van der Waals surface area contributed by atoms with Crippen LogP contribution in [0.3, 0.4) is 0 Å². The number of carbonyl (C=O) groups is 2. The van der Waals surface area contributed by atoms with Gasteiger partial charge in [0.25, 0.3) is 0 Å². The van der Waals surface area contributed by atoms with Gasteiger partial charge < -0.3 is 16.2 Å². The van der Waals surface area contributed by atoms with Crippen LogP contribution in [0.2, 0.25) is 0 Å². The topological polar surface area (TPSA) is 92.4 Å². The van der Waals surface area contributed by atoms with Gasteiger partial charge in [-0.3, -0.25) is 4.79 Å². The fourth-order valence-electron chi connectivity index (χ4n) is 1.29. The molecule has 88 valence electrons. The average Bonchev–Trinajstić information content (AvgIpc) is 2.18. The van der Waals surface area contributed by atoms with Crippen LogP contribution in [0, 0.1) is 5.92 Å². The first-order chi connectivity index (χ1) is 7.06. The molecular weight excluding hydrogens is 196 g/mol. The molecule has 0 aliphatic rings. The van der Waals surface area contributed by atoms with E-state index in [1.165, 1.54) is 0 Å². The third kappa shape index (κ3) is 4.78. The number of carboxylic acid groups (broad SMARTS) is 1. The minimum Gasteiger partial charge on any atom is -0.480 e. The van der Waals surface area contributed by atoms with Crippen LogP contribution in [0.5, 0.6) is 0 Å². The zero-order chi connectivity index (χ0) is 11.8. The van der Waals surface area contributed by atoms with Gasteiger partial charge in [0.15, 0.2) is 0 Å². The molecule has 0 fully saturated rings. The molecule has 0 saturated heterocycles. The predicted molar refractivity (Wildman–Crippen MR) is 57.3 cm³/mol. The molecule has 15 heavy (non-hydrogen) atoms. The molecule has 0 aromatic heterocycles. The number of nitrogens with two attached hydrogens (primary N) is 1. The van der Waals surface area contributed by atoms with Crippen molar-refractivity contribution >= 4 is 11.9 Å². The Balaban J connectivity index is 4.27. The molecule has 5 heteroatoms. The third-order valence-corrected chi connectivity index (χ3v) is 2.34. The van der Waals surface area contributed by atoms with Crippen LogP contribution in [-0.4, -0.2) is 29.6 Å². The van der Waals surface area contributed by atoms with E-state index in [-0.39, 0.29) is 18.4 Å². The second-order valence-electron chi connectivity index (χ2n) is 3.53. The Hall–Kier alpha value is -1.10. The predicted octanol–water partition coefficient (Wildman–Crippen LogP) is 0.341. The van der Waals surface area contributed by atoms with Crippen molar-refractivity contribution in [1.82, 2.24) is 5.32 Å². The number of aliphatic carboxylic acids is 1. The summed E-state index contributed by atoms with van der Waals surface area (Å²) in [5.41, 5.74) is 5.40. The minimum atomic E-state index is -0.989. The van der Waals surface area contributed by atoms with E-state index in [9.17, 15) is 9.59 Å². The van der Waals surface area contributed by atoms with Crippen molar-refractivity contribution in [3.8, 4) is 0 Å². The Morgan fingerprint density at radius 2 is 2.00 bits per heavy atom. The second kappa shape index (κ2) is 7.23. The summed E-state index contributed by atoms with van der Waals surface area (Å²) in [6.07, 6.45) is 1.79. The maximum absolute atomic E-state index is 11.5. The van der Waals surface area contributed by atoms with Gasteiger partial charge in [-0.25, -0.2) is 4.79 Å². The normalized spacial score (nSPS) is 14.3. The van der Waals surface area contributed by atoms with E-state index in [2.05, 4.69) is 5.32 Å². The van der Waals surface area contributed by atoms with Crippen molar-refractivity contribution in [2.24, 2.45) is 11.7 Å². The number of hydrogen-bond donors (Lipinski definition) is 3. The van der Waals surface area contributed by atoms with E-state index in [1.807, 2.05) is 13.8 Å². The number of rotatable bonds is 7. The van der Waals surface area contributed by atoms with E-state index in [0.29, 0.717) is 12.8 Å². The summed E-state index contributed by atoms with van der Waals surface area (Å²) in [7, 11) is 0. The number of nitrogens with one attached hydrogen (secondary N) is 1. The summed E-state index contributed by atoms with van der Waals surface area (Å²) in [6.45, 7) is 3.98. The van der Waals surface area contributed by atoms with E-state index >= 15 is 0 Å². The molecule has 2 unspecified atom stereocenters. The molecule has 5 nitrogen and oxygen atoms in total. The van der Waals surface area contributed by atoms with Gasteiger partial charge in [0.1, 0.15) is 6.04 Å². The van der Waals surface area contributed by atoms with Crippen LogP contribution in [0.1, 0.15) is 33.1 Å². The van der Waals surface area contributed by atoms with E-state index in [0.717, 1.165) is 6.42 Å². The molecule has 0 aliphatic carbocycles. The third-order valence-electron chi connectivity index (χ3n) is 2.34. The first-order valence-corrected chi connectivity index (χ1v) is 5.30. The molecule has 0 heterocycles. The fraction of sp³-hybridized carbons (Fsp3) is 0.800. The molecule has 0 aromatic carbocycles. The quantitative estimate of drug-likeness (QED) is 0.572. The molecule has 0 radical (unpaired) electrons. The first-order valence-electron chi connectivity index (χ1n) is 5.30. The van der Waals surface area contributed by atoms with Gasteiger partial charge in [-0.15, -0.1) is 0 Å². The van der Waals surface area contributed by atoms with E-state index in [4.69, 9.17) is 10.8 Å². The van der Waals surface area contributed by atoms with Gasteiger partial charge in [-0.1, -0.05) is 20.3 Å². The van der Waals surface area contributed by atoms with Crippen molar-refractivity contribution in [2.75, 3.05) is 6.54 Å². The maximum Gasteiger partial charge on any atom is 0.326 e. The lowest BCUT2D eigenvalue weighted by atomic mass is 10.0. The fourth-order valence-corrected chi connectivity index (χ4v) is 1.29. The SMILES string of the molecule is CCCC(NC(=O)C(CC)CN)C(=O)O. The Kier molecular flexibility index (Phi) is 6.70. The Morgan fingerprint density at radius 3 is 2.33 bits per heavy atom. The van der Waals surface area contributed by atoms with Gasteiger partial charge in [0.2, 0.25) is 5.91 Å². The van der Waals surface area contributed by atoms with Gasteiger partial charge >= 0.3 is 5.97 Å². The van der Waals surface area contributed by atoms with Crippen LogP contribution in [0.15, 0.2) is 0 Å². The summed E-state index contributed by atoms with van der Waals surface area (Å²) in [6, 6.07) is -0.789. The largest absolute Gasteiger partial charge is 0.480 e. The van der Waals surface area contributed by atoms with Crippen molar-refractivity contribution in [3.05, 3.63) is 0 Å². The number of carboxylic acids is 1. The number of carbonyl (C=O) groups excluding carboxylic acids is 1. The Labute approximate surface area is 90.0 Å². The zero-order valence-corrected chi connectivity index (χ0v) is 9.32. The molecule has 4 N–H and O–H groups in total. The maximum atomic E-state index is 11.5. The molecule has 1 amide bonds. The lowest BCUT2D eigenvalue weighted by Crippen LogP contribution is -2.45. The highest BCUT2D eigenvalue weighted by atomic mass is 16.4. The second-order valence-corrected chi connectivity index (χ2v) is 3.53. The summed E-state index contributed by atoms with van der Waals surface area (Å²) in [5.74, 6) is -1.54. The standard InChI is InChI=1S/C10H20N2O3/c1-3-5-8(10(14)15)12-9(13)7(4-2)6-11/h7-8H,3-6,11H2,1-2H3,(H,12,13)(H,14,15). The first kappa shape index (κ1) is 13.9. The van der Waals surface area contributed by atoms with Gasteiger partial charge in [-0.2, -0.15) is 0 Å². The number of hydrogen-bond acceptors (Lipinski definition) is 3. The van der Waals surface area contributed by atoms with E-state index < -0.39 is 12.0 Å². The van der Waals surface area contributed by atoms with Crippen LogP contribution in [-0.2, 0) is 9.59 Å². The summed E-state index contributed by atoms with van der Waals surface area (Å²) in [5, 5.41) is 11.3. The molecule has 0 saturated carbocycles. The van der Waals surface area contributed by atoms with Crippen LogP contribution >= 0.6 is 0 Å². The Bertz CT molecular complexity index is 215. The van der Waals surface area contributed by atoms with Gasteiger partial charge in [-0.05, 0) is 12.8 Å². The highest BCUT2D eigenvalue weighted by Gasteiger charge is 2.22.